The third-order valence-electron chi connectivity index (χ3n) is 7.11. The van der Waals surface area contributed by atoms with Crippen LogP contribution in [0.3, 0.4) is 0 Å². The molecule has 0 spiro atoms. The third kappa shape index (κ3) is 4.28. The molecule has 0 bridgehead atoms. The van der Waals surface area contributed by atoms with E-state index < -0.39 is 0 Å². The highest BCUT2D eigenvalue weighted by Crippen LogP contribution is 2.37. The second kappa shape index (κ2) is 9.17. The molecule has 2 aliphatic rings. The highest BCUT2D eigenvalue weighted by Gasteiger charge is 2.19. The number of rotatable bonds is 5. The molecular weight excluding hydrogens is 384 g/mol. The van der Waals surface area contributed by atoms with Crippen molar-refractivity contribution in [3.05, 3.63) is 130 Å². The van der Waals surface area contributed by atoms with Crippen molar-refractivity contribution in [1.82, 2.24) is 0 Å². The first kappa shape index (κ1) is 20.8. The SMILES string of the molecule is Cc1ccc(C(c2cccc(C3=CC=CC3)c2)c2cccc(C3=CCCCC3)c2)cc1C. The van der Waals surface area contributed by atoms with Gasteiger partial charge >= 0.3 is 0 Å². The molecule has 0 heterocycles. The van der Waals surface area contributed by atoms with E-state index in [2.05, 4.69) is 105 Å². The smallest absolute Gasteiger partial charge is 0.0340 e. The molecule has 0 saturated carbocycles. The van der Waals surface area contributed by atoms with E-state index in [0.29, 0.717) is 0 Å². The zero-order valence-corrected chi connectivity index (χ0v) is 19.3. The van der Waals surface area contributed by atoms with Crippen LogP contribution in [0, 0.1) is 13.8 Å². The molecule has 3 aromatic carbocycles. The van der Waals surface area contributed by atoms with E-state index in [1.54, 1.807) is 0 Å². The Morgan fingerprint density at radius 3 is 2.03 bits per heavy atom. The van der Waals surface area contributed by atoms with Gasteiger partial charge in [0.05, 0.1) is 0 Å². The van der Waals surface area contributed by atoms with Crippen molar-refractivity contribution in [2.75, 3.05) is 0 Å². The van der Waals surface area contributed by atoms with Crippen LogP contribution < -0.4 is 0 Å². The molecule has 5 rings (SSSR count). The number of hydrogen-bond acceptors (Lipinski definition) is 0. The van der Waals surface area contributed by atoms with Crippen LogP contribution in [0.4, 0.5) is 0 Å². The van der Waals surface area contributed by atoms with Gasteiger partial charge in [0.2, 0.25) is 0 Å². The summed E-state index contributed by atoms with van der Waals surface area (Å²) >= 11 is 0. The maximum atomic E-state index is 2.45. The van der Waals surface area contributed by atoms with E-state index in [1.165, 1.54) is 75.8 Å². The topological polar surface area (TPSA) is 0 Å². The zero-order chi connectivity index (χ0) is 21.9. The molecule has 0 N–H and O–H groups in total. The zero-order valence-electron chi connectivity index (χ0n) is 19.3. The lowest BCUT2D eigenvalue weighted by molar-refractivity contribution is 0.742. The molecule has 1 unspecified atom stereocenters. The summed E-state index contributed by atoms with van der Waals surface area (Å²) in [6.07, 6.45) is 15.2. The Kier molecular flexibility index (Phi) is 5.95. The second-order valence-electron chi connectivity index (χ2n) is 9.33. The Labute approximate surface area is 193 Å². The summed E-state index contributed by atoms with van der Waals surface area (Å²) in [6.45, 7) is 4.43. The third-order valence-corrected chi connectivity index (χ3v) is 7.11. The fraction of sp³-hybridized carbons (Fsp3) is 0.250. The van der Waals surface area contributed by atoms with Crippen molar-refractivity contribution in [3.63, 3.8) is 0 Å². The Morgan fingerprint density at radius 2 is 1.41 bits per heavy atom. The van der Waals surface area contributed by atoms with Gasteiger partial charge in [0, 0.05) is 5.92 Å². The van der Waals surface area contributed by atoms with E-state index in [1.807, 2.05) is 0 Å². The molecule has 0 amide bonds. The van der Waals surface area contributed by atoms with Crippen molar-refractivity contribution in [2.45, 2.75) is 51.9 Å². The van der Waals surface area contributed by atoms with Gasteiger partial charge in [0.25, 0.3) is 0 Å². The van der Waals surface area contributed by atoms with Crippen LogP contribution in [0.1, 0.15) is 77.0 Å². The van der Waals surface area contributed by atoms with Gasteiger partial charge in [-0.05, 0) is 96.0 Å². The molecule has 3 aromatic rings. The molecule has 1 atom stereocenters. The minimum absolute atomic E-state index is 0.230. The molecule has 0 aromatic heterocycles. The highest BCUT2D eigenvalue weighted by molar-refractivity contribution is 5.72. The van der Waals surface area contributed by atoms with Crippen molar-refractivity contribution < 1.29 is 0 Å². The van der Waals surface area contributed by atoms with Gasteiger partial charge in [0.15, 0.2) is 0 Å². The first-order valence-electron chi connectivity index (χ1n) is 12.0. The quantitative estimate of drug-likeness (QED) is 0.365. The van der Waals surface area contributed by atoms with Crippen molar-refractivity contribution in [3.8, 4) is 0 Å². The van der Waals surface area contributed by atoms with Crippen LogP contribution in [0.25, 0.3) is 11.1 Å². The molecular formula is C32H32. The van der Waals surface area contributed by atoms with Gasteiger partial charge in [-0.25, -0.2) is 0 Å². The molecule has 160 valence electrons. The number of allylic oxidation sites excluding steroid dienone is 6. The van der Waals surface area contributed by atoms with Crippen LogP contribution in [0.5, 0.6) is 0 Å². The normalized spacial score (nSPS) is 16.6. The lowest BCUT2D eigenvalue weighted by Gasteiger charge is -2.22. The lowest BCUT2D eigenvalue weighted by atomic mass is 9.81. The maximum Gasteiger partial charge on any atom is 0.0340 e. The lowest BCUT2D eigenvalue weighted by Crippen LogP contribution is -2.06. The monoisotopic (exact) mass is 416 g/mol. The summed E-state index contributed by atoms with van der Waals surface area (Å²) in [7, 11) is 0. The molecule has 2 aliphatic carbocycles. The Morgan fingerprint density at radius 1 is 0.688 bits per heavy atom. The molecule has 0 heteroatoms. The van der Waals surface area contributed by atoms with E-state index in [9.17, 15) is 0 Å². The first-order chi connectivity index (χ1) is 15.7. The molecule has 0 radical (unpaired) electrons. The molecule has 0 fully saturated rings. The summed E-state index contributed by atoms with van der Waals surface area (Å²) in [4.78, 5) is 0. The number of benzene rings is 3. The minimum atomic E-state index is 0.230. The summed E-state index contributed by atoms with van der Waals surface area (Å²) in [5, 5.41) is 0. The summed E-state index contributed by atoms with van der Waals surface area (Å²) in [5.74, 6) is 0.230. The Balaban J connectivity index is 1.62. The number of hydrogen-bond donors (Lipinski definition) is 0. The largest absolute Gasteiger partial charge is 0.0807 e. The minimum Gasteiger partial charge on any atom is -0.0807 e. The molecule has 0 nitrogen and oxygen atoms in total. The highest BCUT2D eigenvalue weighted by atomic mass is 14.2. The number of aryl methyl sites for hydroxylation is 2. The molecule has 32 heavy (non-hydrogen) atoms. The predicted molar refractivity (Wildman–Crippen MR) is 138 cm³/mol. The fourth-order valence-electron chi connectivity index (χ4n) is 5.12. The predicted octanol–water partition coefficient (Wildman–Crippen LogP) is 8.78. The van der Waals surface area contributed by atoms with Crippen molar-refractivity contribution in [2.24, 2.45) is 0 Å². The van der Waals surface area contributed by atoms with E-state index in [0.717, 1.165) is 6.42 Å². The van der Waals surface area contributed by atoms with Gasteiger partial charge in [-0.3, -0.25) is 0 Å². The maximum absolute atomic E-state index is 2.45. The van der Waals surface area contributed by atoms with Gasteiger partial charge in [-0.1, -0.05) is 91.0 Å². The summed E-state index contributed by atoms with van der Waals surface area (Å²) in [6, 6.07) is 25.5. The summed E-state index contributed by atoms with van der Waals surface area (Å²) in [5.41, 5.74) is 12.5. The van der Waals surface area contributed by atoms with Gasteiger partial charge in [-0.15, -0.1) is 0 Å². The molecule has 0 saturated heterocycles. The summed E-state index contributed by atoms with van der Waals surface area (Å²) < 4.78 is 0. The van der Waals surface area contributed by atoms with Crippen LogP contribution in [-0.4, -0.2) is 0 Å². The fourth-order valence-corrected chi connectivity index (χ4v) is 5.12. The van der Waals surface area contributed by atoms with Gasteiger partial charge < -0.3 is 0 Å². The first-order valence-corrected chi connectivity index (χ1v) is 12.0. The standard InChI is InChI=1S/C32H32/c1-23-18-19-31(20-24(23)2)32(30-17-9-15-28(22-30)26-12-6-7-13-26)29-16-8-14-27(21-29)25-10-4-3-5-11-25/h6-10,12,14-22,32H,3-5,11,13H2,1-2H3. The van der Waals surface area contributed by atoms with Crippen molar-refractivity contribution in [1.29, 1.82) is 0 Å². The Bertz CT molecular complexity index is 1220. The van der Waals surface area contributed by atoms with Gasteiger partial charge in [0.1, 0.15) is 0 Å². The van der Waals surface area contributed by atoms with Crippen LogP contribution in [0.15, 0.2) is 91.0 Å². The van der Waals surface area contributed by atoms with Gasteiger partial charge in [-0.2, -0.15) is 0 Å². The average Bonchev–Trinajstić information content (AvgIpc) is 3.38. The average molecular weight is 417 g/mol. The van der Waals surface area contributed by atoms with Crippen LogP contribution >= 0.6 is 0 Å². The van der Waals surface area contributed by atoms with E-state index in [-0.39, 0.29) is 5.92 Å². The Hall–Kier alpha value is -3.12. The van der Waals surface area contributed by atoms with E-state index in [4.69, 9.17) is 0 Å². The molecule has 0 aliphatic heterocycles. The second-order valence-corrected chi connectivity index (χ2v) is 9.33. The van der Waals surface area contributed by atoms with Crippen LogP contribution in [0.2, 0.25) is 0 Å². The van der Waals surface area contributed by atoms with E-state index >= 15 is 0 Å². The van der Waals surface area contributed by atoms with Crippen LogP contribution in [-0.2, 0) is 0 Å². The van der Waals surface area contributed by atoms with Crippen molar-refractivity contribution >= 4 is 11.1 Å².